The van der Waals surface area contributed by atoms with Gasteiger partial charge in [-0.3, -0.25) is 24.0 Å². The summed E-state index contributed by atoms with van der Waals surface area (Å²) in [7, 11) is 4.63. The molecule has 1 fully saturated rings. The Labute approximate surface area is 298 Å². The van der Waals surface area contributed by atoms with Gasteiger partial charge in [-0.05, 0) is 29.8 Å². The van der Waals surface area contributed by atoms with E-state index < -0.39 is 29.4 Å². The average Bonchev–Trinajstić information content (AvgIpc) is 3.55. The molecule has 52 heavy (non-hydrogen) atoms. The van der Waals surface area contributed by atoms with Gasteiger partial charge in [-0.2, -0.15) is 0 Å². The Morgan fingerprint density at radius 3 is 2.48 bits per heavy atom. The fourth-order valence-electron chi connectivity index (χ4n) is 5.74. The number of aromatic nitrogens is 1. The summed E-state index contributed by atoms with van der Waals surface area (Å²) < 4.78 is 30.6. The highest BCUT2D eigenvalue weighted by molar-refractivity contribution is 5.97. The summed E-state index contributed by atoms with van der Waals surface area (Å²) in [6.45, 7) is -0.125. The Bertz CT molecular complexity index is 1980. The highest BCUT2D eigenvalue weighted by Crippen LogP contribution is 2.29. The van der Waals surface area contributed by atoms with Gasteiger partial charge in [0.25, 0.3) is 24.2 Å². The third-order valence-electron chi connectivity index (χ3n) is 8.31. The van der Waals surface area contributed by atoms with Gasteiger partial charge in [0.2, 0.25) is 5.43 Å². The summed E-state index contributed by atoms with van der Waals surface area (Å²) in [5.74, 6) is 0.146. The molecule has 1 saturated heterocycles. The molecule has 15 heteroatoms. The quantitative estimate of drug-likeness (QED) is 0.249. The fraction of sp³-hybridized carbons (Fsp3) is 0.270. The van der Waals surface area contributed by atoms with Crippen LogP contribution in [-0.4, -0.2) is 84.8 Å². The minimum absolute atomic E-state index is 0.0669. The Balaban J connectivity index is 0.00000168. The molecule has 0 spiro atoms. The molecular weight excluding hydrogens is 676 g/mol. The Morgan fingerprint density at radius 1 is 0.981 bits per heavy atom. The van der Waals surface area contributed by atoms with E-state index >= 15 is 0 Å². The molecule has 7 rings (SSSR count). The summed E-state index contributed by atoms with van der Waals surface area (Å²) in [5.41, 5.74) is 1.41. The number of nitrogens with one attached hydrogen (secondary N) is 2. The molecule has 4 heterocycles. The lowest BCUT2D eigenvalue weighted by atomic mass is 10.1. The van der Waals surface area contributed by atoms with Gasteiger partial charge in [0.15, 0.2) is 18.1 Å². The zero-order valence-electron chi connectivity index (χ0n) is 28.7. The lowest BCUT2D eigenvalue weighted by Gasteiger charge is -2.22. The van der Waals surface area contributed by atoms with Crippen LogP contribution >= 0.6 is 0 Å². The molecule has 3 amide bonds. The van der Waals surface area contributed by atoms with Gasteiger partial charge in [-0.15, -0.1) is 0 Å². The highest BCUT2D eigenvalue weighted by atomic mass is 16.5. The highest BCUT2D eigenvalue weighted by Gasteiger charge is 2.40. The smallest absolute Gasteiger partial charge is 0.290 e. The lowest BCUT2D eigenvalue weighted by Crippen LogP contribution is -2.45. The molecule has 3 aliphatic heterocycles. The third kappa shape index (κ3) is 8.79. The van der Waals surface area contributed by atoms with Gasteiger partial charge >= 0.3 is 0 Å². The maximum Gasteiger partial charge on any atom is 0.290 e. The predicted molar refractivity (Wildman–Crippen MR) is 186 cm³/mol. The van der Waals surface area contributed by atoms with Crippen molar-refractivity contribution in [2.24, 2.45) is 7.05 Å². The zero-order chi connectivity index (χ0) is 37.2. The van der Waals surface area contributed by atoms with E-state index in [1.807, 2.05) is 30.3 Å². The molecule has 0 saturated carbocycles. The van der Waals surface area contributed by atoms with E-state index in [2.05, 4.69) is 10.6 Å². The van der Waals surface area contributed by atoms with E-state index in [1.165, 1.54) is 37.4 Å². The second-order valence-electron chi connectivity index (χ2n) is 11.7. The van der Waals surface area contributed by atoms with Gasteiger partial charge in [0, 0.05) is 55.7 Å². The number of carbonyl (C=O) groups is 4. The van der Waals surface area contributed by atoms with Crippen molar-refractivity contribution in [3.8, 4) is 28.7 Å². The van der Waals surface area contributed by atoms with Crippen molar-refractivity contribution >= 4 is 24.2 Å². The van der Waals surface area contributed by atoms with Crippen molar-refractivity contribution in [1.29, 1.82) is 0 Å². The maximum absolute atomic E-state index is 14.2. The summed E-state index contributed by atoms with van der Waals surface area (Å²) in [6, 6.07) is 19.8. The van der Waals surface area contributed by atoms with Crippen LogP contribution in [0.1, 0.15) is 32.0 Å². The summed E-state index contributed by atoms with van der Waals surface area (Å²) in [4.78, 5) is 63.4. The first-order valence-electron chi connectivity index (χ1n) is 16.1. The van der Waals surface area contributed by atoms with Crippen LogP contribution < -0.4 is 39.7 Å². The molecule has 1 aromatic heterocycles. The molecule has 2 atom stereocenters. The summed E-state index contributed by atoms with van der Waals surface area (Å²) in [6.07, 6.45) is 0.816. The molecule has 272 valence electrons. The van der Waals surface area contributed by atoms with Gasteiger partial charge in [0.1, 0.15) is 35.7 Å². The standard InChI is InChI=1S/C36H36N4O9.CH2O2/c1-39-12-11-29(41)34(48-20-22-7-5-4-6-8-22)33(39)36(44)40-18-28-31(19-40)49-25-10-9-23(30(16-25)46-3)17-37-32(42)21-47-27-14-24(35(43)38-28)13-26(15-27)45-2;2-1-3/h4-16,28,31H,17-21H2,1-3H3,(H,37,42)(H,38,43);1H,(H,2,3)/t28-,31-;/m0./s1. The first kappa shape index (κ1) is 36.8. The normalized spacial score (nSPS) is 16.7. The van der Waals surface area contributed by atoms with E-state index in [0.717, 1.165) is 5.56 Å². The molecular formula is C37H38N4O11. The molecule has 3 aromatic carbocycles. The number of ether oxygens (including phenoxy) is 5. The van der Waals surface area contributed by atoms with E-state index in [1.54, 1.807) is 41.9 Å². The van der Waals surface area contributed by atoms with Crippen LogP contribution in [0, 0.1) is 0 Å². The monoisotopic (exact) mass is 714 g/mol. The first-order chi connectivity index (χ1) is 25.1. The minimum atomic E-state index is -0.699. The van der Waals surface area contributed by atoms with Crippen molar-refractivity contribution in [1.82, 2.24) is 20.1 Å². The van der Waals surface area contributed by atoms with Crippen LogP contribution in [0.3, 0.4) is 0 Å². The fourth-order valence-corrected chi connectivity index (χ4v) is 5.74. The topological polar surface area (TPSA) is 184 Å². The number of pyridine rings is 1. The Hall–Kier alpha value is -6.51. The van der Waals surface area contributed by atoms with Crippen LogP contribution in [0.5, 0.6) is 28.7 Å². The number of hydrogen-bond donors (Lipinski definition) is 3. The summed E-state index contributed by atoms with van der Waals surface area (Å²) in [5, 5.41) is 12.7. The number of rotatable bonds is 6. The number of methoxy groups -OCH3 is 2. The molecule has 0 radical (unpaired) electrons. The number of nitrogens with zero attached hydrogens (tertiary/aromatic N) is 2. The lowest BCUT2D eigenvalue weighted by molar-refractivity contribution is -0.123. The Kier molecular flexibility index (Phi) is 12.0. The van der Waals surface area contributed by atoms with E-state index in [-0.39, 0.29) is 68.0 Å². The second-order valence-corrected chi connectivity index (χ2v) is 11.7. The summed E-state index contributed by atoms with van der Waals surface area (Å²) >= 11 is 0. The van der Waals surface area contributed by atoms with Crippen molar-refractivity contribution in [3.05, 3.63) is 112 Å². The van der Waals surface area contributed by atoms with Crippen LogP contribution in [-0.2, 0) is 29.8 Å². The third-order valence-corrected chi connectivity index (χ3v) is 8.31. The SMILES string of the molecule is COc1cc2cc(c1)C(=O)N[C@H]1CN(C(=O)c3c(OCc4ccccc4)c(=O)ccn3C)C[C@@H]1Oc1ccc(c(OC)c1)CNC(=O)CO2.O=CO. The van der Waals surface area contributed by atoms with Crippen molar-refractivity contribution in [3.63, 3.8) is 0 Å². The molecule has 0 unspecified atom stereocenters. The molecule has 4 bridgehead atoms. The van der Waals surface area contributed by atoms with Crippen LogP contribution in [0.4, 0.5) is 0 Å². The van der Waals surface area contributed by atoms with Gasteiger partial charge in [-0.1, -0.05) is 30.3 Å². The average molecular weight is 715 g/mol. The largest absolute Gasteiger partial charge is 0.497 e. The molecule has 3 N–H and O–H groups in total. The minimum Gasteiger partial charge on any atom is -0.497 e. The molecule has 4 aromatic rings. The number of amides is 3. The van der Waals surface area contributed by atoms with Crippen LogP contribution in [0.2, 0.25) is 0 Å². The van der Waals surface area contributed by atoms with Gasteiger partial charge in [0.05, 0.1) is 26.8 Å². The molecule has 3 aliphatic rings. The Morgan fingerprint density at radius 2 is 1.75 bits per heavy atom. The van der Waals surface area contributed by atoms with Gasteiger partial charge in [-0.25, -0.2) is 0 Å². The number of fused-ring (bicyclic) bond motifs is 7. The van der Waals surface area contributed by atoms with Crippen molar-refractivity contribution < 1.29 is 48.0 Å². The number of likely N-dealkylation sites (tertiary alicyclic amines) is 1. The number of carboxylic acid groups (broad SMARTS) is 1. The first-order valence-corrected chi connectivity index (χ1v) is 16.1. The predicted octanol–water partition coefficient (Wildman–Crippen LogP) is 2.39. The van der Waals surface area contributed by atoms with Crippen LogP contribution in [0.15, 0.2) is 83.8 Å². The molecule has 15 nitrogen and oxygen atoms in total. The maximum atomic E-state index is 14.2. The van der Waals surface area contributed by atoms with Gasteiger partial charge < -0.3 is 48.9 Å². The number of carbonyl (C=O) groups excluding carboxylic acids is 3. The van der Waals surface area contributed by atoms with E-state index in [9.17, 15) is 19.2 Å². The second kappa shape index (κ2) is 16.9. The van der Waals surface area contributed by atoms with Crippen LogP contribution in [0.25, 0.3) is 0 Å². The zero-order valence-corrected chi connectivity index (χ0v) is 28.7. The molecule has 0 aliphatic carbocycles. The van der Waals surface area contributed by atoms with Crippen molar-refractivity contribution in [2.45, 2.75) is 25.3 Å². The number of aryl methyl sites for hydroxylation is 1. The number of benzene rings is 3. The van der Waals surface area contributed by atoms with E-state index in [4.69, 9.17) is 33.6 Å². The number of hydrogen-bond acceptors (Lipinski definition) is 10. The van der Waals surface area contributed by atoms with E-state index in [0.29, 0.717) is 22.8 Å². The van der Waals surface area contributed by atoms with Crippen molar-refractivity contribution in [2.75, 3.05) is 33.9 Å².